The fourth-order valence-electron chi connectivity index (χ4n) is 1.52. The Kier molecular flexibility index (Phi) is 3.05. The molecule has 0 atom stereocenters. The van der Waals surface area contributed by atoms with E-state index in [2.05, 4.69) is 5.32 Å². The van der Waals surface area contributed by atoms with Gasteiger partial charge >= 0.3 is 0 Å². The van der Waals surface area contributed by atoms with E-state index in [1.165, 1.54) is 0 Å². The molecule has 70 valence electrons. The Morgan fingerprint density at radius 1 is 1.42 bits per heavy atom. The molecule has 0 saturated heterocycles. The predicted molar refractivity (Wildman–Crippen MR) is 43.5 cm³/mol. The molecule has 0 radical (unpaired) electrons. The van der Waals surface area contributed by atoms with Crippen LogP contribution in [0.15, 0.2) is 0 Å². The highest BCUT2D eigenvalue weighted by atomic mass is 16.3. The second kappa shape index (κ2) is 3.87. The lowest BCUT2D eigenvalue weighted by Gasteiger charge is -2.20. The number of nitrogens with one attached hydrogen (secondary N) is 1. The fraction of sp³-hybridized carbons (Fsp3) is 0.875. The highest BCUT2D eigenvalue weighted by Crippen LogP contribution is 2.29. The monoisotopic (exact) mass is 173 g/mol. The second-order valence-electron chi connectivity index (χ2n) is 3.22. The van der Waals surface area contributed by atoms with Crippen molar-refractivity contribution >= 4 is 5.91 Å². The number of aliphatic hydroxyl groups excluding tert-OH is 1. The average Bonchev–Trinajstić information content (AvgIpc) is 2.49. The number of aliphatic hydroxyl groups is 2. The van der Waals surface area contributed by atoms with Crippen LogP contribution in [0.3, 0.4) is 0 Å². The largest absolute Gasteiger partial charge is 0.395 e. The summed E-state index contributed by atoms with van der Waals surface area (Å²) in [5, 5.41) is 20.6. The molecule has 0 aromatic carbocycles. The standard InChI is InChI=1S/C8H15NO3/c10-6-5-9-7(11)8(12)3-1-2-4-8/h10,12H,1-6H2,(H,9,11). The Balaban J connectivity index is 2.39. The van der Waals surface area contributed by atoms with Gasteiger partial charge < -0.3 is 15.5 Å². The molecule has 0 aliphatic heterocycles. The Morgan fingerprint density at radius 3 is 2.50 bits per heavy atom. The van der Waals surface area contributed by atoms with Gasteiger partial charge in [0.2, 0.25) is 0 Å². The molecule has 0 heterocycles. The van der Waals surface area contributed by atoms with Gasteiger partial charge in [-0.15, -0.1) is 0 Å². The van der Waals surface area contributed by atoms with Crippen molar-refractivity contribution in [1.29, 1.82) is 0 Å². The maximum atomic E-state index is 11.3. The summed E-state index contributed by atoms with van der Waals surface area (Å²) in [5.41, 5.74) is -1.16. The van der Waals surface area contributed by atoms with Gasteiger partial charge in [-0.1, -0.05) is 0 Å². The molecule has 3 N–H and O–H groups in total. The van der Waals surface area contributed by atoms with E-state index in [1.54, 1.807) is 0 Å². The third-order valence-electron chi connectivity index (χ3n) is 2.25. The minimum Gasteiger partial charge on any atom is -0.395 e. The first-order valence-corrected chi connectivity index (χ1v) is 4.30. The van der Waals surface area contributed by atoms with E-state index in [0.29, 0.717) is 12.8 Å². The van der Waals surface area contributed by atoms with E-state index in [1.807, 2.05) is 0 Å². The molecule has 1 amide bonds. The molecule has 1 saturated carbocycles. The maximum absolute atomic E-state index is 11.3. The van der Waals surface area contributed by atoms with Crippen molar-refractivity contribution in [3.05, 3.63) is 0 Å². The maximum Gasteiger partial charge on any atom is 0.252 e. The minimum absolute atomic E-state index is 0.0815. The van der Waals surface area contributed by atoms with Crippen LogP contribution in [0.2, 0.25) is 0 Å². The number of rotatable bonds is 3. The van der Waals surface area contributed by atoms with Crippen molar-refractivity contribution in [3.63, 3.8) is 0 Å². The second-order valence-corrected chi connectivity index (χ2v) is 3.22. The topological polar surface area (TPSA) is 69.6 Å². The molecule has 12 heavy (non-hydrogen) atoms. The highest BCUT2D eigenvalue weighted by Gasteiger charge is 2.38. The summed E-state index contributed by atoms with van der Waals surface area (Å²) < 4.78 is 0. The SMILES string of the molecule is O=C(NCCO)C1(O)CCCC1. The fourth-order valence-corrected chi connectivity index (χ4v) is 1.52. The van der Waals surface area contributed by atoms with Crippen molar-refractivity contribution in [1.82, 2.24) is 5.32 Å². The van der Waals surface area contributed by atoms with Crippen LogP contribution in [-0.4, -0.2) is 34.9 Å². The van der Waals surface area contributed by atoms with Crippen LogP contribution in [0.25, 0.3) is 0 Å². The van der Waals surface area contributed by atoms with Crippen LogP contribution in [0.1, 0.15) is 25.7 Å². The van der Waals surface area contributed by atoms with Gasteiger partial charge in [-0.3, -0.25) is 4.79 Å². The highest BCUT2D eigenvalue weighted by molar-refractivity contribution is 5.85. The van der Waals surface area contributed by atoms with Gasteiger partial charge in [-0.25, -0.2) is 0 Å². The van der Waals surface area contributed by atoms with Gasteiger partial charge in [-0.2, -0.15) is 0 Å². The Morgan fingerprint density at radius 2 is 2.00 bits per heavy atom. The Labute approximate surface area is 71.6 Å². The average molecular weight is 173 g/mol. The van der Waals surface area contributed by atoms with Crippen molar-refractivity contribution in [3.8, 4) is 0 Å². The molecule has 0 spiro atoms. The van der Waals surface area contributed by atoms with E-state index < -0.39 is 5.60 Å². The van der Waals surface area contributed by atoms with Crippen LogP contribution >= 0.6 is 0 Å². The van der Waals surface area contributed by atoms with Crippen LogP contribution in [-0.2, 0) is 4.79 Å². The van der Waals surface area contributed by atoms with Crippen LogP contribution in [0.4, 0.5) is 0 Å². The summed E-state index contributed by atoms with van der Waals surface area (Å²) in [6.07, 6.45) is 2.90. The van der Waals surface area contributed by atoms with Gasteiger partial charge in [0.25, 0.3) is 5.91 Å². The summed E-state index contributed by atoms with van der Waals surface area (Å²) >= 11 is 0. The van der Waals surface area contributed by atoms with Crippen LogP contribution in [0, 0.1) is 0 Å². The summed E-state index contributed by atoms with van der Waals surface area (Å²) in [5.74, 6) is -0.339. The molecule has 4 nitrogen and oxygen atoms in total. The third kappa shape index (κ3) is 1.95. The van der Waals surface area contributed by atoms with Gasteiger partial charge in [0.15, 0.2) is 0 Å². The van der Waals surface area contributed by atoms with E-state index in [4.69, 9.17) is 5.11 Å². The van der Waals surface area contributed by atoms with Crippen LogP contribution in [0.5, 0.6) is 0 Å². The molecule has 1 rings (SSSR count). The van der Waals surface area contributed by atoms with E-state index >= 15 is 0 Å². The van der Waals surface area contributed by atoms with Crippen molar-refractivity contribution < 1.29 is 15.0 Å². The first-order valence-electron chi connectivity index (χ1n) is 4.30. The van der Waals surface area contributed by atoms with Crippen molar-refractivity contribution in [2.24, 2.45) is 0 Å². The van der Waals surface area contributed by atoms with Gasteiger partial charge in [-0.05, 0) is 25.7 Å². The summed E-state index contributed by atoms with van der Waals surface area (Å²) in [6, 6.07) is 0. The first kappa shape index (κ1) is 9.48. The first-order chi connectivity index (χ1) is 5.69. The number of carbonyl (C=O) groups is 1. The lowest BCUT2D eigenvalue weighted by molar-refractivity contribution is -0.139. The van der Waals surface area contributed by atoms with Crippen molar-refractivity contribution in [2.45, 2.75) is 31.3 Å². The summed E-state index contributed by atoms with van der Waals surface area (Å²) in [4.78, 5) is 11.3. The molecule has 0 bridgehead atoms. The summed E-state index contributed by atoms with van der Waals surface area (Å²) in [6.45, 7) is 0.142. The molecular weight excluding hydrogens is 158 g/mol. The zero-order valence-electron chi connectivity index (χ0n) is 7.05. The molecular formula is C8H15NO3. The lowest BCUT2D eigenvalue weighted by Crippen LogP contribution is -2.45. The number of hydrogen-bond donors (Lipinski definition) is 3. The Bertz CT molecular complexity index is 164. The minimum atomic E-state index is -1.16. The molecule has 1 fully saturated rings. The molecule has 1 aliphatic carbocycles. The number of amides is 1. The number of hydrogen-bond acceptors (Lipinski definition) is 3. The van der Waals surface area contributed by atoms with E-state index in [0.717, 1.165) is 12.8 Å². The van der Waals surface area contributed by atoms with E-state index in [-0.39, 0.29) is 19.1 Å². The molecule has 0 aromatic heterocycles. The van der Waals surface area contributed by atoms with Crippen molar-refractivity contribution in [2.75, 3.05) is 13.2 Å². The van der Waals surface area contributed by atoms with Gasteiger partial charge in [0.05, 0.1) is 6.61 Å². The van der Waals surface area contributed by atoms with E-state index in [9.17, 15) is 9.90 Å². The predicted octanol–water partition coefficient (Wildman–Crippen LogP) is -0.600. The molecule has 0 aromatic rings. The third-order valence-corrected chi connectivity index (χ3v) is 2.25. The zero-order valence-corrected chi connectivity index (χ0v) is 7.05. The van der Waals surface area contributed by atoms with Gasteiger partial charge in [0.1, 0.15) is 5.60 Å². The number of carbonyl (C=O) groups excluding carboxylic acids is 1. The Hall–Kier alpha value is -0.610. The van der Waals surface area contributed by atoms with Gasteiger partial charge in [0, 0.05) is 6.54 Å². The van der Waals surface area contributed by atoms with Crippen LogP contribution < -0.4 is 5.32 Å². The lowest BCUT2D eigenvalue weighted by atomic mass is 10.0. The zero-order chi connectivity index (χ0) is 9.03. The molecule has 4 heteroatoms. The smallest absolute Gasteiger partial charge is 0.252 e. The summed E-state index contributed by atoms with van der Waals surface area (Å²) in [7, 11) is 0. The quantitative estimate of drug-likeness (QED) is 0.533. The molecule has 1 aliphatic rings. The normalized spacial score (nSPS) is 20.8. The molecule has 0 unspecified atom stereocenters.